The first-order valence-corrected chi connectivity index (χ1v) is 8.11. The van der Waals surface area contributed by atoms with Gasteiger partial charge in [0.15, 0.2) is 11.6 Å². The minimum Gasteiger partial charge on any atom is -0.340 e. The molecule has 0 aliphatic heterocycles. The van der Waals surface area contributed by atoms with Gasteiger partial charge in [0, 0.05) is 41.8 Å². The third kappa shape index (κ3) is 4.97. The van der Waals surface area contributed by atoms with Crippen molar-refractivity contribution >= 4 is 34.7 Å². The summed E-state index contributed by atoms with van der Waals surface area (Å²) < 4.78 is 26.4. The van der Waals surface area contributed by atoms with E-state index in [0.29, 0.717) is 34.5 Å². The number of nitrogens with one attached hydrogen (secondary N) is 3. The first kappa shape index (κ1) is 18.2. The van der Waals surface area contributed by atoms with Crippen molar-refractivity contribution in [2.75, 3.05) is 16.0 Å². The molecule has 3 rings (SSSR count). The Bertz CT molecular complexity index is 994. The van der Waals surface area contributed by atoms with Crippen molar-refractivity contribution in [1.82, 2.24) is 9.97 Å². The minimum absolute atomic E-state index is 0.169. The molecule has 0 saturated carbocycles. The van der Waals surface area contributed by atoms with Crippen molar-refractivity contribution in [2.45, 2.75) is 13.8 Å². The molecule has 0 fully saturated rings. The van der Waals surface area contributed by atoms with Gasteiger partial charge in [-0.3, -0.25) is 4.79 Å². The summed E-state index contributed by atoms with van der Waals surface area (Å²) in [6, 6.07) is 12.3. The monoisotopic (exact) mass is 369 g/mol. The lowest BCUT2D eigenvalue weighted by atomic mass is 10.2. The van der Waals surface area contributed by atoms with E-state index in [9.17, 15) is 13.6 Å². The lowest BCUT2D eigenvalue weighted by molar-refractivity contribution is -0.114. The van der Waals surface area contributed by atoms with Gasteiger partial charge in [0.1, 0.15) is 5.82 Å². The fraction of sp³-hybridized carbons (Fsp3) is 0.105. The molecule has 0 bridgehead atoms. The fourth-order valence-corrected chi connectivity index (χ4v) is 2.42. The lowest BCUT2D eigenvalue weighted by Crippen LogP contribution is -2.06. The number of rotatable bonds is 5. The molecular weight excluding hydrogens is 352 g/mol. The zero-order valence-corrected chi connectivity index (χ0v) is 14.7. The Morgan fingerprint density at radius 2 is 1.63 bits per heavy atom. The summed E-state index contributed by atoms with van der Waals surface area (Å²) in [6.45, 7) is 3.22. The maximum absolute atomic E-state index is 13.4. The Kier molecular flexibility index (Phi) is 5.25. The van der Waals surface area contributed by atoms with Crippen LogP contribution in [0.5, 0.6) is 0 Å². The highest BCUT2D eigenvalue weighted by Gasteiger charge is 2.07. The molecule has 0 spiro atoms. The normalized spacial score (nSPS) is 10.4. The Labute approximate surface area is 154 Å². The average molecular weight is 369 g/mol. The SMILES string of the molecule is CC(=O)Nc1cccc(Nc2nc(C)cc(Nc3ccc(F)c(F)c3)n2)c1. The highest BCUT2D eigenvalue weighted by Crippen LogP contribution is 2.22. The molecule has 1 aromatic heterocycles. The van der Waals surface area contributed by atoms with Crippen LogP contribution >= 0.6 is 0 Å². The van der Waals surface area contributed by atoms with Crippen molar-refractivity contribution < 1.29 is 13.6 Å². The number of aromatic nitrogens is 2. The van der Waals surface area contributed by atoms with Crippen molar-refractivity contribution in [3.8, 4) is 0 Å². The van der Waals surface area contributed by atoms with E-state index in [-0.39, 0.29) is 5.91 Å². The molecule has 0 saturated heterocycles. The topological polar surface area (TPSA) is 78.9 Å². The minimum atomic E-state index is -0.945. The fourth-order valence-electron chi connectivity index (χ4n) is 2.42. The quantitative estimate of drug-likeness (QED) is 0.617. The third-order valence-electron chi connectivity index (χ3n) is 3.49. The number of carbonyl (C=O) groups is 1. The van der Waals surface area contributed by atoms with Gasteiger partial charge in [-0.2, -0.15) is 4.98 Å². The number of anilines is 5. The van der Waals surface area contributed by atoms with Gasteiger partial charge < -0.3 is 16.0 Å². The molecule has 8 heteroatoms. The highest BCUT2D eigenvalue weighted by atomic mass is 19.2. The van der Waals surface area contributed by atoms with Crippen LogP contribution in [0.25, 0.3) is 0 Å². The molecule has 27 heavy (non-hydrogen) atoms. The number of benzene rings is 2. The molecule has 0 radical (unpaired) electrons. The molecule has 3 aromatic rings. The highest BCUT2D eigenvalue weighted by molar-refractivity contribution is 5.89. The van der Waals surface area contributed by atoms with Crippen LogP contribution < -0.4 is 16.0 Å². The molecule has 1 heterocycles. The van der Waals surface area contributed by atoms with Crippen LogP contribution in [0.2, 0.25) is 0 Å². The molecule has 3 N–H and O–H groups in total. The van der Waals surface area contributed by atoms with Crippen LogP contribution in [-0.2, 0) is 4.79 Å². The summed E-state index contributed by atoms with van der Waals surface area (Å²) in [7, 11) is 0. The molecular formula is C19H17F2N5O. The van der Waals surface area contributed by atoms with E-state index < -0.39 is 11.6 Å². The van der Waals surface area contributed by atoms with Crippen LogP contribution in [0.4, 0.5) is 37.6 Å². The summed E-state index contributed by atoms with van der Waals surface area (Å²) in [5, 5.41) is 8.68. The van der Waals surface area contributed by atoms with Crippen molar-refractivity contribution in [1.29, 1.82) is 0 Å². The number of nitrogens with zero attached hydrogens (tertiary/aromatic N) is 2. The van der Waals surface area contributed by atoms with Gasteiger partial charge in [0.25, 0.3) is 0 Å². The smallest absolute Gasteiger partial charge is 0.229 e. The summed E-state index contributed by atoms with van der Waals surface area (Å²) in [6.07, 6.45) is 0. The lowest BCUT2D eigenvalue weighted by Gasteiger charge is -2.11. The molecule has 0 aliphatic carbocycles. The number of amides is 1. The van der Waals surface area contributed by atoms with Crippen LogP contribution in [0.1, 0.15) is 12.6 Å². The van der Waals surface area contributed by atoms with E-state index in [2.05, 4.69) is 25.9 Å². The molecule has 1 amide bonds. The standard InChI is InChI=1S/C19H17F2N5O/c1-11-8-18(24-15-6-7-16(20)17(21)10-15)26-19(22-11)25-14-5-3-4-13(9-14)23-12(2)27/h3-10H,1-2H3,(H,23,27)(H2,22,24,25,26). The largest absolute Gasteiger partial charge is 0.340 e. The first-order chi connectivity index (χ1) is 12.9. The number of aryl methyl sites for hydroxylation is 1. The predicted molar refractivity (Wildman–Crippen MR) is 100 cm³/mol. The second kappa shape index (κ2) is 7.77. The van der Waals surface area contributed by atoms with Crippen LogP contribution in [0.3, 0.4) is 0 Å². The molecule has 2 aromatic carbocycles. The van der Waals surface area contributed by atoms with Gasteiger partial charge >= 0.3 is 0 Å². The van der Waals surface area contributed by atoms with E-state index in [1.54, 1.807) is 37.3 Å². The number of halogens is 2. The first-order valence-electron chi connectivity index (χ1n) is 8.11. The summed E-state index contributed by atoms with van der Waals surface area (Å²) in [5.41, 5.74) is 2.37. The third-order valence-corrected chi connectivity index (χ3v) is 3.49. The zero-order chi connectivity index (χ0) is 19.4. The Balaban J connectivity index is 1.81. The molecule has 138 valence electrons. The predicted octanol–water partition coefficient (Wildman–Crippen LogP) is 4.51. The number of carbonyl (C=O) groups excluding carboxylic acids is 1. The maximum atomic E-state index is 13.4. The van der Waals surface area contributed by atoms with Gasteiger partial charge in [0.2, 0.25) is 11.9 Å². The number of hydrogen-bond acceptors (Lipinski definition) is 5. The van der Waals surface area contributed by atoms with E-state index in [4.69, 9.17) is 0 Å². The molecule has 0 aliphatic rings. The van der Waals surface area contributed by atoms with Gasteiger partial charge in [-0.1, -0.05) is 6.07 Å². The zero-order valence-electron chi connectivity index (χ0n) is 14.7. The van der Waals surface area contributed by atoms with Crippen LogP contribution in [0, 0.1) is 18.6 Å². The average Bonchev–Trinajstić information content (AvgIpc) is 2.57. The molecule has 6 nitrogen and oxygen atoms in total. The second-order valence-electron chi connectivity index (χ2n) is 5.86. The van der Waals surface area contributed by atoms with Gasteiger partial charge in [-0.25, -0.2) is 13.8 Å². The van der Waals surface area contributed by atoms with Gasteiger partial charge in [0.05, 0.1) is 0 Å². The molecule has 0 unspecified atom stereocenters. The van der Waals surface area contributed by atoms with Crippen LogP contribution in [-0.4, -0.2) is 15.9 Å². The van der Waals surface area contributed by atoms with E-state index in [1.807, 2.05) is 0 Å². The molecule has 0 atom stereocenters. The summed E-state index contributed by atoms with van der Waals surface area (Å²) in [4.78, 5) is 19.8. The van der Waals surface area contributed by atoms with Gasteiger partial charge in [-0.05, 0) is 37.3 Å². The second-order valence-corrected chi connectivity index (χ2v) is 5.86. The number of hydrogen-bond donors (Lipinski definition) is 3. The van der Waals surface area contributed by atoms with Crippen molar-refractivity contribution in [3.63, 3.8) is 0 Å². The maximum Gasteiger partial charge on any atom is 0.229 e. The van der Waals surface area contributed by atoms with Crippen LogP contribution in [0.15, 0.2) is 48.5 Å². The van der Waals surface area contributed by atoms with Crippen molar-refractivity contribution in [2.24, 2.45) is 0 Å². The summed E-state index contributed by atoms with van der Waals surface area (Å²) in [5.74, 6) is -1.29. The van der Waals surface area contributed by atoms with Crippen molar-refractivity contribution in [3.05, 3.63) is 65.9 Å². The Hall–Kier alpha value is -3.55. The Morgan fingerprint density at radius 1 is 0.889 bits per heavy atom. The van der Waals surface area contributed by atoms with E-state index in [1.165, 1.54) is 13.0 Å². The van der Waals surface area contributed by atoms with E-state index in [0.717, 1.165) is 12.1 Å². The summed E-state index contributed by atoms with van der Waals surface area (Å²) >= 11 is 0. The van der Waals surface area contributed by atoms with E-state index >= 15 is 0 Å². The Morgan fingerprint density at radius 3 is 2.37 bits per heavy atom. The van der Waals surface area contributed by atoms with Gasteiger partial charge in [-0.15, -0.1) is 0 Å².